The van der Waals surface area contributed by atoms with E-state index < -0.39 is 18.0 Å². The van der Waals surface area contributed by atoms with E-state index in [1.165, 1.54) is 19.8 Å². The fourth-order valence-electron chi connectivity index (χ4n) is 2.90. The molecule has 4 N–H and O–H groups in total. The molecule has 0 aliphatic heterocycles. The highest BCUT2D eigenvalue weighted by Gasteiger charge is 2.26. The Hall–Kier alpha value is -1.30. The largest absolute Gasteiger partial charge is 0.481 e. The zero-order valence-electron chi connectivity index (χ0n) is 13.0. The van der Waals surface area contributed by atoms with Gasteiger partial charge in [-0.3, -0.25) is 4.79 Å². The van der Waals surface area contributed by atoms with Crippen molar-refractivity contribution in [2.45, 2.75) is 70.4 Å². The van der Waals surface area contributed by atoms with E-state index in [-0.39, 0.29) is 18.6 Å². The highest BCUT2D eigenvalue weighted by molar-refractivity contribution is 5.74. The number of aliphatic hydroxyl groups is 1. The van der Waals surface area contributed by atoms with E-state index >= 15 is 0 Å². The van der Waals surface area contributed by atoms with Crippen molar-refractivity contribution in [2.75, 3.05) is 6.54 Å². The second-order valence-electron chi connectivity index (χ2n) is 6.40. The molecule has 1 unspecified atom stereocenters. The summed E-state index contributed by atoms with van der Waals surface area (Å²) in [4.78, 5) is 22.3. The lowest BCUT2D eigenvalue weighted by atomic mass is 9.83. The van der Waals surface area contributed by atoms with Gasteiger partial charge in [-0.25, -0.2) is 4.79 Å². The summed E-state index contributed by atoms with van der Waals surface area (Å²) in [6.45, 7) is 3.52. The van der Waals surface area contributed by atoms with Gasteiger partial charge in [-0.05, 0) is 38.5 Å². The van der Waals surface area contributed by atoms with Crippen LogP contribution in [0.2, 0.25) is 0 Å². The zero-order valence-corrected chi connectivity index (χ0v) is 13.0. The summed E-state index contributed by atoms with van der Waals surface area (Å²) in [5, 5.41) is 23.9. The van der Waals surface area contributed by atoms with Crippen molar-refractivity contribution < 1.29 is 19.8 Å². The van der Waals surface area contributed by atoms with Crippen LogP contribution in [0, 0.1) is 5.92 Å². The van der Waals surface area contributed by atoms with Crippen molar-refractivity contribution in [3.63, 3.8) is 0 Å². The Morgan fingerprint density at radius 1 is 1.24 bits per heavy atom. The van der Waals surface area contributed by atoms with Crippen LogP contribution in [-0.4, -0.2) is 40.4 Å². The minimum absolute atomic E-state index is 0.0731. The number of aliphatic carboxylic acids is 1. The topological polar surface area (TPSA) is 98.7 Å². The van der Waals surface area contributed by atoms with Gasteiger partial charge in [0.05, 0.1) is 12.0 Å². The SMILES string of the molecule is CCCC1CCC(NC(=O)NCC(C)(O)CC(=O)O)CC1. The lowest BCUT2D eigenvalue weighted by Gasteiger charge is -2.29. The van der Waals surface area contributed by atoms with Crippen molar-refractivity contribution in [3.8, 4) is 0 Å². The van der Waals surface area contributed by atoms with E-state index in [0.29, 0.717) is 0 Å². The van der Waals surface area contributed by atoms with Gasteiger partial charge in [-0.1, -0.05) is 19.8 Å². The number of rotatable bonds is 7. The van der Waals surface area contributed by atoms with Crippen LogP contribution < -0.4 is 10.6 Å². The highest BCUT2D eigenvalue weighted by Crippen LogP contribution is 2.27. The van der Waals surface area contributed by atoms with Crippen LogP contribution in [0.25, 0.3) is 0 Å². The minimum atomic E-state index is -1.43. The Kier molecular flexibility index (Phi) is 6.95. The van der Waals surface area contributed by atoms with Crippen LogP contribution in [0.1, 0.15) is 58.8 Å². The first-order valence-electron chi connectivity index (χ1n) is 7.81. The predicted octanol–water partition coefficient (Wildman–Crippen LogP) is 1.87. The molecule has 1 saturated carbocycles. The third-order valence-corrected chi connectivity index (χ3v) is 4.04. The van der Waals surface area contributed by atoms with Gasteiger partial charge in [-0.2, -0.15) is 0 Å². The number of urea groups is 1. The first-order chi connectivity index (χ1) is 9.82. The van der Waals surface area contributed by atoms with Gasteiger partial charge in [0.1, 0.15) is 0 Å². The van der Waals surface area contributed by atoms with Crippen LogP contribution >= 0.6 is 0 Å². The number of hydrogen-bond acceptors (Lipinski definition) is 3. The monoisotopic (exact) mass is 300 g/mol. The summed E-state index contributed by atoms with van der Waals surface area (Å²) >= 11 is 0. The standard InChI is InChI=1S/C15H28N2O4/c1-3-4-11-5-7-12(8-6-11)17-14(20)16-10-15(2,21)9-13(18)19/h11-12,21H,3-10H2,1-2H3,(H,18,19)(H2,16,17,20). The first-order valence-corrected chi connectivity index (χ1v) is 7.81. The van der Waals surface area contributed by atoms with Gasteiger partial charge in [0.2, 0.25) is 0 Å². The average Bonchev–Trinajstić information content (AvgIpc) is 2.38. The number of nitrogens with one attached hydrogen (secondary N) is 2. The lowest BCUT2D eigenvalue weighted by molar-refractivity contribution is -0.141. The summed E-state index contributed by atoms with van der Waals surface area (Å²) in [6.07, 6.45) is 6.35. The molecule has 21 heavy (non-hydrogen) atoms. The second kappa shape index (κ2) is 8.22. The number of amides is 2. The molecular weight excluding hydrogens is 272 g/mol. The van der Waals surface area contributed by atoms with E-state index in [9.17, 15) is 14.7 Å². The number of carboxylic acid groups (broad SMARTS) is 1. The predicted molar refractivity (Wildman–Crippen MR) is 80.1 cm³/mol. The Bertz CT molecular complexity index is 350. The Morgan fingerprint density at radius 2 is 1.86 bits per heavy atom. The van der Waals surface area contributed by atoms with Gasteiger partial charge in [0.15, 0.2) is 0 Å². The minimum Gasteiger partial charge on any atom is -0.481 e. The van der Waals surface area contributed by atoms with Crippen LogP contribution in [0.4, 0.5) is 4.79 Å². The molecule has 0 aromatic carbocycles. The van der Waals surface area contributed by atoms with Crippen molar-refractivity contribution >= 4 is 12.0 Å². The summed E-state index contributed by atoms with van der Waals surface area (Å²) < 4.78 is 0. The average molecular weight is 300 g/mol. The van der Waals surface area contributed by atoms with Crippen LogP contribution in [0.3, 0.4) is 0 Å². The van der Waals surface area contributed by atoms with Crippen LogP contribution in [0.15, 0.2) is 0 Å². The van der Waals surface area contributed by atoms with E-state index in [2.05, 4.69) is 17.6 Å². The molecule has 1 fully saturated rings. The molecular formula is C15H28N2O4. The van der Waals surface area contributed by atoms with Crippen LogP contribution in [0.5, 0.6) is 0 Å². The summed E-state index contributed by atoms with van der Waals surface area (Å²) in [5.74, 6) is -0.302. The summed E-state index contributed by atoms with van der Waals surface area (Å²) in [6, 6.07) is -0.151. The molecule has 0 bridgehead atoms. The fraction of sp³-hybridized carbons (Fsp3) is 0.867. The fourth-order valence-corrected chi connectivity index (χ4v) is 2.90. The Morgan fingerprint density at radius 3 is 2.38 bits per heavy atom. The molecule has 1 aliphatic carbocycles. The Balaban J connectivity index is 2.24. The number of carbonyl (C=O) groups excluding carboxylic acids is 1. The molecule has 2 amide bonds. The maximum Gasteiger partial charge on any atom is 0.315 e. The van der Waals surface area contributed by atoms with Gasteiger partial charge < -0.3 is 20.8 Å². The highest BCUT2D eigenvalue weighted by atomic mass is 16.4. The normalized spacial score (nSPS) is 24.9. The van der Waals surface area contributed by atoms with Crippen molar-refractivity contribution in [3.05, 3.63) is 0 Å². The maximum atomic E-state index is 11.8. The summed E-state index contributed by atoms with van der Waals surface area (Å²) in [5.41, 5.74) is -1.43. The molecule has 0 aromatic heterocycles. The molecule has 1 rings (SSSR count). The summed E-state index contributed by atoms with van der Waals surface area (Å²) in [7, 11) is 0. The van der Waals surface area contributed by atoms with Crippen molar-refractivity contribution in [2.24, 2.45) is 5.92 Å². The molecule has 1 aliphatic rings. The molecule has 1 atom stereocenters. The van der Waals surface area contributed by atoms with E-state index in [1.807, 2.05) is 0 Å². The smallest absolute Gasteiger partial charge is 0.315 e. The molecule has 6 nitrogen and oxygen atoms in total. The zero-order chi connectivity index (χ0) is 15.9. The molecule has 0 aromatic rings. The lowest BCUT2D eigenvalue weighted by Crippen LogP contribution is -2.49. The number of hydrogen-bond donors (Lipinski definition) is 4. The van der Waals surface area contributed by atoms with E-state index in [0.717, 1.165) is 31.6 Å². The molecule has 0 radical (unpaired) electrons. The van der Waals surface area contributed by atoms with E-state index in [4.69, 9.17) is 5.11 Å². The van der Waals surface area contributed by atoms with Crippen molar-refractivity contribution in [1.29, 1.82) is 0 Å². The van der Waals surface area contributed by atoms with E-state index in [1.54, 1.807) is 0 Å². The molecule has 122 valence electrons. The van der Waals surface area contributed by atoms with Gasteiger partial charge in [0.25, 0.3) is 0 Å². The first kappa shape index (κ1) is 17.8. The molecule has 6 heteroatoms. The van der Waals surface area contributed by atoms with Gasteiger partial charge >= 0.3 is 12.0 Å². The molecule has 0 saturated heterocycles. The number of carbonyl (C=O) groups is 2. The molecule has 0 heterocycles. The van der Waals surface area contributed by atoms with Gasteiger partial charge in [-0.15, -0.1) is 0 Å². The quantitative estimate of drug-likeness (QED) is 0.577. The molecule has 0 spiro atoms. The van der Waals surface area contributed by atoms with Crippen molar-refractivity contribution in [1.82, 2.24) is 10.6 Å². The van der Waals surface area contributed by atoms with Gasteiger partial charge in [0, 0.05) is 12.6 Å². The maximum absolute atomic E-state index is 11.8. The third kappa shape index (κ3) is 7.32. The number of carboxylic acids is 1. The third-order valence-electron chi connectivity index (χ3n) is 4.04. The van der Waals surface area contributed by atoms with Crippen LogP contribution in [-0.2, 0) is 4.79 Å². The second-order valence-corrected chi connectivity index (χ2v) is 6.40. The Labute approximate surface area is 126 Å².